The number of rotatable bonds is 4. The van der Waals surface area contributed by atoms with E-state index in [-0.39, 0.29) is 5.92 Å². The number of hydrogen-bond acceptors (Lipinski definition) is 1. The van der Waals surface area contributed by atoms with E-state index < -0.39 is 0 Å². The molecule has 1 aliphatic rings. The average molecular weight is 354 g/mol. The Labute approximate surface area is 163 Å². The van der Waals surface area contributed by atoms with Gasteiger partial charge in [0.25, 0.3) is 0 Å². The fraction of sp³-hybridized carbons (Fsp3) is 0.346. The van der Waals surface area contributed by atoms with Crippen LogP contribution in [0.5, 0.6) is 0 Å². The largest absolute Gasteiger partial charge is 0.198 e. The molecular weight excluding hydrogens is 326 g/mol. The molecular formula is C26H27N. The van der Waals surface area contributed by atoms with Crippen LogP contribution in [0.15, 0.2) is 61.2 Å². The van der Waals surface area contributed by atoms with Crippen molar-refractivity contribution in [2.75, 3.05) is 0 Å². The van der Waals surface area contributed by atoms with Crippen LogP contribution in [0.2, 0.25) is 0 Å². The van der Waals surface area contributed by atoms with Gasteiger partial charge in [0.2, 0.25) is 0 Å². The van der Waals surface area contributed by atoms with Gasteiger partial charge in [0, 0.05) is 23.3 Å². The summed E-state index contributed by atoms with van der Waals surface area (Å²) in [5.74, 6) is 7.84. The molecule has 0 spiro atoms. The zero-order chi connectivity index (χ0) is 19.1. The smallest absolute Gasteiger partial charge is 0.0655 e. The molecule has 0 aromatic heterocycles. The molecule has 0 saturated heterocycles. The van der Waals surface area contributed by atoms with Gasteiger partial charge < -0.3 is 0 Å². The molecule has 0 amide bonds. The number of nitriles is 1. The van der Waals surface area contributed by atoms with E-state index in [1.165, 1.54) is 16.7 Å². The predicted octanol–water partition coefficient (Wildman–Crippen LogP) is 6.71. The number of hydrogen-bond donors (Lipinski definition) is 0. The molecule has 3 rings (SSSR count). The molecule has 1 atom stereocenters. The zero-order valence-corrected chi connectivity index (χ0v) is 16.1. The van der Waals surface area contributed by atoms with Crippen LogP contribution in [0.1, 0.15) is 56.1 Å². The van der Waals surface area contributed by atoms with E-state index in [2.05, 4.69) is 79.9 Å². The first kappa shape index (κ1) is 19.0. The minimum Gasteiger partial charge on any atom is -0.198 e. The second-order valence-electron chi connectivity index (χ2n) is 7.40. The SMILES string of the molecule is C=CC(CC)c1ccc(-c2ccc(C#CC3CCC(C#N)CC3)cc2)cc1. The van der Waals surface area contributed by atoms with Gasteiger partial charge >= 0.3 is 0 Å². The molecule has 2 aromatic carbocycles. The van der Waals surface area contributed by atoms with E-state index in [0.29, 0.717) is 11.8 Å². The van der Waals surface area contributed by atoms with Gasteiger partial charge in [-0.1, -0.05) is 61.2 Å². The molecule has 1 aliphatic carbocycles. The second kappa shape index (κ2) is 9.25. The van der Waals surface area contributed by atoms with Crippen molar-refractivity contribution < 1.29 is 0 Å². The van der Waals surface area contributed by atoms with Crippen LogP contribution in [0.3, 0.4) is 0 Å². The maximum atomic E-state index is 8.98. The van der Waals surface area contributed by atoms with E-state index >= 15 is 0 Å². The highest BCUT2D eigenvalue weighted by molar-refractivity contribution is 5.64. The summed E-state index contributed by atoms with van der Waals surface area (Å²) in [6.07, 6.45) is 7.20. The Hall–Kier alpha value is -2.77. The van der Waals surface area contributed by atoms with Gasteiger partial charge in [-0.05, 0) is 60.9 Å². The Balaban J connectivity index is 1.65. The lowest BCUT2D eigenvalue weighted by Crippen LogP contribution is -2.11. The first-order valence-electron chi connectivity index (χ1n) is 9.97. The van der Waals surface area contributed by atoms with Crippen molar-refractivity contribution in [3.05, 3.63) is 72.3 Å². The number of benzene rings is 2. The summed E-state index contributed by atoms with van der Waals surface area (Å²) < 4.78 is 0. The molecule has 1 nitrogen and oxygen atoms in total. The molecule has 0 aliphatic heterocycles. The first-order chi connectivity index (χ1) is 13.2. The van der Waals surface area contributed by atoms with Crippen molar-refractivity contribution in [2.45, 2.75) is 44.9 Å². The highest BCUT2D eigenvalue weighted by atomic mass is 14.3. The standard InChI is InChI=1S/C26H27N/c1-3-23(4-2)24-15-17-26(18-16-24)25-13-11-21(12-14-25)6-5-20-7-9-22(19-27)10-8-20/h3,11-18,20,22-23H,1,4,7-10H2,2H3. The van der Waals surface area contributed by atoms with Gasteiger partial charge in [-0.25, -0.2) is 0 Å². The maximum absolute atomic E-state index is 8.98. The quantitative estimate of drug-likeness (QED) is 0.442. The molecule has 2 aromatic rings. The van der Waals surface area contributed by atoms with Crippen LogP contribution < -0.4 is 0 Å². The molecule has 1 heteroatoms. The minimum atomic E-state index is 0.243. The van der Waals surface area contributed by atoms with E-state index in [9.17, 15) is 0 Å². The molecule has 0 N–H and O–H groups in total. The number of nitrogens with zero attached hydrogens (tertiary/aromatic N) is 1. The summed E-state index contributed by atoms with van der Waals surface area (Å²) in [5.41, 5.74) is 4.83. The summed E-state index contributed by atoms with van der Waals surface area (Å²) in [7, 11) is 0. The molecule has 0 bridgehead atoms. The van der Waals surface area contributed by atoms with Crippen molar-refractivity contribution in [2.24, 2.45) is 11.8 Å². The van der Waals surface area contributed by atoms with Gasteiger partial charge in [-0.2, -0.15) is 5.26 Å². The Morgan fingerprint density at radius 3 is 2.04 bits per heavy atom. The normalized spacial score (nSPS) is 20.0. The van der Waals surface area contributed by atoms with Gasteiger partial charge in [0.1, 0.15) is 0 Å². The minimum absolute atomic E-state index is 0.243. The van der Waals surface area contributed by atoms with Crippen LogP contribution in [0.25, 0.3) is 11.1 Å². The van der Waals surface area contributed by atoms with E-state index in [4.69, 9.17) is 5.26 Å². The monoisotopic (exact) mass is 353 g/mol. The third-order valence-electron chi connectivity index (χ3n) is 5.61. The van der Waals surface area contributed by atoms with Crippen LogP contribution in [-0.4, -0.2) is 0 Å². The van der Waals surface area contributed by atoms with Crippen molar-refractivity contribution in [3.63, 3.8) is 0 Å². The van der Waals surface area contributed by atoms with Crippen LogP contribution in [0, 0.1) is 35.0 Å². The van der Waals surface area contributed by atoms with Crippen molar-refractivity contribution in [3.8, 4) is 29.0 Å². The highest BCUT2D eigenvalue weighted by Gasteiger charge is 2.18. The predicted molar refractivity (Wildman–Crippen MR) is 113 cm³/mol. The summed E-state index contributed by atoms with van der Waals surface area (Å²) in [5, 5.41) is 8.98. The summed E-state index contributed by atoms with van der Waals surface area (Å²) >= 11 is 0. The fourth-order valence-corrected chi connectivity index (χ4v) is 3.76. The molecule has 136 valence electrons. The Bertz CT molecular complexity index is 848. The van der Waals surface area contributed by atoms with E-state index in [0.717, 1.165) is 37.7 Å². The molecule has 1 saturated carbocycles. The van der Waals surface area contributed by atoms with Crippen LogP contribution >= 0.6 is 0 Å². The lowest BCUT2D eigenvalue weighted by molar-refractivity contribution is 0.371. The lowest BCUT2D eigenvalue weighted by Gasteiger charge is -2.20. The zero-order valence-electron chi connectivity index (χ0n) is 16.1. The average Bonchev–Trinajstić information content (AvgIpc) is 2.74. The van der Waals surface area contributed by atoms with Gasteiger partial charge in [0.15, 0.2) is 0 Å². The summed E-state index contributed by atoms with van der Waals surface area (Å²) in [4.78, 5) is 0. The topological polar surface area (TPSA) is 23.8 Å². The molecule has 1 unspecified atom stereocenters. The summed E-state index contributed by atoms with van der Waals surface area (Å²) in [6.45, 7) is 6.12. The summed E-state index contributed by atoms with van der Waals surface area (Å²) in [6, 6.07) is 19.7. The van der Waals surface area contributed by atoms with E-state index in [1.54, 1.807) is 0 Å². The fourth-order valence-electron chi connectivity index (χ4n) is 3.76. The van der Waals surface area contributed by atoms with Crippen molar-refractivity contribution in [1.82, 2.24) is 0 Å². The number of allylic oxidation sites excluding steroid dienone is 1. The van der Waals surface area contributed by atoms with Gasteiger partial charge in [-0.3, -0.25) is 0 Å². The maximum Gasteiger partial charge on any atom is 0.0655 e. The Morgan fingerprint density at radius 2 is 1.52 bits per heavy atom. The van der Waals surface area contributed by atoms with Gasteiger partial charge in [0.05, 0.1) is 6.07 Å². The Morgan fingerprint density at radius 1 is 0.963 bits per heavy atom. The molecule has 27 heavy (non-hydrogen) atoms. The molecule has 0 heterocycles. The first-order valence-corrected chi connectivity index (χ1v) is 9.97. The lowest BCUT2D eigenvalue weighted by atomic mass is 9.83. The van der Waals surface area contributed by atoms with E-state index in [1.807, 2.05) is 6.08 Å². The van der Waals surface area contributed by atoms with Crippen molar-refractivity contribution >= 4 is 0 Å². The molecule has 1 fully saturated rings. The van der Waals surface area contributed by atoms with Gasteiger partial charge in [-0.15, -0.1) is 6.58 Å². The Kier molecular flexibility index (Phi) is 6.51. The third-order valence-corrected chi connectivity index (χ3v) is 5.61. The van der Waals surface area contributed by atoms with Crippen LogP contribution in [-0.2, 0) is 0 Å². The molecule has 0 radical (unpaired) electrons. The van der Waals surface area contributed by atoms with Crippen LogP contribution in [0.4, 0.5) is 0 Å². The highest BCUT2D eigenvalue weighted by Crippen LogP contribution is 2.28. The second-order valence-corrected chi connectivity index (χ2v) is 7.40. The third kappa shape index (κ3) is 4.90. The van der Waals surface area contributed by atoms with Crippen molar-refractivity contribution in [1.29, 1.82) is 5.26 Å².